The van der Waals surface area contributed by atoms with E-state index >= 15 is 4.39 Å². The summed E-state index contributed by atoms with van der Waals surface area (Å²) in [5, 5.41) is 9.80. The van der Waals surface area contributed by atoms with Crippen molar-refractivity contribution in [1.82, 2.24) is 33.6 Å². The van der Waals surface area contributed by atoms with Gasteiger partial charge in [0.25, 0.3) is 0 Å². The maximum absolute atomic E-state index is 16.2. The monoisotopic (exact) mass is 671 g/mol. The topological polar surface area (TPSA) is 101 Å². The van der Waals surface area contributed by atoms with Gasteiger partial charge in [-0.3, -0.25) is 13.8 Å². The van der Waals surface area contributed by atoms with E-state index in [4.69, 9.17) is 14.6 Å². The fourth-order valence-electron chi connectivity index (χ4n) is 7.22. The molecule has 5 aromatic rings. The second-order valence-corrected chi connectivity index (χ2v) is 14.7. The quantitative estimate of drug-likeness (QED) is 0.221. The van der Waals surface area contributed by atoms with Gasteiger partial charge in [0, 0.05) is 36.5 Å². The summed E-state index contributed by atoms with van der Waals surface area (Å²) in [7, 11) is 0. The number of carbonyl (C=O) groups is 1. The lowest BCUT2D eigenvalue weighted by Crippen LogP contribution is -2.46. The zero-order valence-electron chi connectivity index (χ0n) is 28.5. The number of amides is 1. The molecule has 2 atom stereocenters. The van der Waals surface area contributed by atoms with E-state index in [0.29, 0.717) is 58.8 Å². The largest absolute Gasteiger partial charge is 0.444 e. The number of fused-ring (bicyclic) bond motifs is 3. The van der Waals surface area contributed by atoms with Crippen LogP contribution in [-0.4, -0.2) is 64.5 Å². The molecule has 5 heterocycles. The van der Waals surface area contributed by atoms with E-state index in [1.165, 1.54) is 21.5 Å². The predicted molar refractivity (Wildman–Crippen MR) is 178 cm³/mol. The van der Waals surface area contributed by atoms with Crippen molar-refractivity contribution in [2.75, 3.05) is 13.2 Å². The number of hydrogen-bond donors (Lipinski definition) is 0. The molecule has 1 aliphatic carbocycles. The molecule has 0 N–H and O–H groups in total. The van der Waals surface area contributed by atoms with Gasteiger partial charge in [-0.2, -0.15) is 10.2 Å². The number of aryl methyl sites for hydroxylation is 2. The summed E-state index contributed by atoms with van der Waals surface area (Å²) in [4.78, 5) is 29.7. The number of hydrogen-bond acceptors (Lipinski definition) is 6. The fourth-order valence-corrected chi connectivity index (χ4v) is 7.22. The van der Waals surface area contributed by atoms with Crippen LogP contribution >= 0.6 is 0 Å². The zero-order chi connectivity index (χ0) is 34.6. The van der Waals surface area contributed by atoms with Gasteiger partial charge >= 0.3 is 11.8 Å². The highest BCUT2D eigenvalue weighted by Gasteiger charge is 2.56. The number of carbonyl (C=O) groups excluding carboxylic acids is 1. The van der Waals surface area contributed by atoms with Crippen molar-refractivity contribution in [3.63, 3.8) is 0 Å². The highest BCUT2D eigenvalue weighted by atomic mass is 19.1. The molecule has 3 aliphatic rings. The molecular formula is C36H39F2N7O4. The fraction of sp³-hybridized carbons (Fsp3) is 0.444. The Balaban J connectivity index is 1.29. The number of imidazole rings is 1. The third-order valence-electron chi connectivity index (χ3n) is 10.1. The lowest BCUT2D eigenvalue weighted by molar-refractivity contribution is -0.0602. The van der Waals surface area contributed by atoms with Crippen LogP contribution < -0.4 is 5.69 Å². The summed E-state index contributed by atoms with van der Waals surface area (Å²) < 4.78 is 48.4. The van der Waals surface area contributed by atoms with Gasteiger partial charge in [0.2, 0.25) is 0 Å². The lowest BCUT2D eigenvalue weighted by Gasteiger charge is -2.38. The zero-order valence-corrected chi connectivity index (χ0v) is 28.5. The SMILES string of the molecule is Cc1cc(-n2nc3c(c2-n2ccn(-c4ccc5c(cnn5C[C@@H]5CCO5)c4F)c2=O)[C@H](C)N(C(=O)OC(C)(C)C)CC32CC2)cc(C)c1F. The normalized spacial score (nSPS) is 19.7. The predicted octanol–water partition coefficient (Wildman–Crippen LogP) is 6.19. The number of benzene rings is 2. The van der Waals surface area contributed by atoms with Crippen molar-refractivity contribution in [3.8, 4) is 17.2 Å². The van der Waals surface area contributed by atoms with E-state index in [-0.39, 0.29) is 17.6 Å². The number of nitrogens with zero attached hydrogens (tertiary/aromatic N) is 7. The highest BCUT2D eigenvalue weighted by Crippen LogP contribution is 2.55. The van der Waals surface area contributed by atoms with E-state index in [1.54, 1.807) is 58.6 Å². The Bertz CT molecular complexity index is 2190. The first-order chi connectivity index (χ1) is 23.3. The maximum Gasteiger partial charge on any atom is 0.410 e. The van der Waals surface area contributed by atoms with Crippen molar-refractivity contribution in [2.24, 2.45) is 0 Å². The molecule has 2 aliphatic heterocycles. The molecule has 1 amide bonds. The molecule has 49 heavy (non-hydrogen) atoms. The summed E-state index contributed by atoms with van der Waals surface area (Å²) in [6.07, 6.45) is 6.73. The van der Waals surface area contributed by atoms with Crippen molar-refractivity contribution in [1.29, 1.82) is 0 Å². The van der Waals surface area contributed by atoms with Crippen LogP contribution in [0, 0.1) is 25.5 Å². The van der Waals surface area contributed by atoms with E-state index in [1.807, 2.05) is 27.7 Å². The Hall–Kier alpha value is -4.78. The first kappa shape index (κ1) is 31.5. The Labute approximate surface area is 281 Å². The van der Waals surface area contributed by atoms with Crippen LogP contribution in [0.5, 0.6) is 0 Å². The number of halogens is 2. The van der Waals surface area contributed by atoms with Gasteiger partial charge in [0.15, 0.2) is 5.82 Å². The molecule has 2 aromatic carbocycles. The minimum Gasteiger partial charge on any atom is -0.444 e. The molecule has 0 bridgehead atoms. The molecular weight excluding hydrogens is 632 g/mol. The van der Waals surface area contributed by atoms with Crippen molar-refractivity contribution < 1.29 is 23.0 Å². The van der Waals surface area contributed by atoms with E-state index in [9.17, 15) is 14.0 Å². The summed E-state index contributed by atoms with van der Waals surface area (Å²) in [6.45, 7) is 12.4. The molecule has 256 valence electrons. The molecule has 11 nitrogen and oxygen atoms in total. The molecule has 2 fully saturated rings. The average molecular weight is 672 g/mol. The molecule has 8 rings (SSSR count). The average Bonchev–Trinajstić information content (AvgIpc) is 3.30. The third kappa shape index (κ3) is 5.00. The summed E-state index contributed by atoms with van der Waals surface area (Å²) >= 11 is 0. The second kappa shape index (κ2) is 10.9. The molecule has 1 saturated carbocycles. The molecule has 0 unspecified atom stereocenters. The van der Waals surface area contributed by atoms with Crippen molar-refractivity contribution in [3.05, 3.63) is 87.4 Å². The Morgan fingerprint density at radius 1 is 1.08 bits per heavy atom. The first-order valence-electron chi connectivity index (χ1n) is 16.7. The number of rotatable bonds is 5. The van der Waals surface area contributed by atoms with E-state index < -0.39 is 34.7 Å². The van der Waals surface area contributed by atoms with Crippen molar-refractivity contribution >= 4 is 17.0 Å². The molecule has 1 saturated heterocycles. The van der Waals surface area contributed by atoms with Crippen LogP contribution in [0.15, 0.2) is 47.7 Å². The molecule has 0 radical (unpaired) electrons. The van der Waals surface area contributed by atoms with Gasteiger partial charge in [-0.05, 0) is 96.2 Å². The number of ether oxygens (including phenoxy) is 2. The smallest absolute Gasteiger partial charge is 0.410 e. The molecule has 13 heteroatoms. The summed E-state index contributed by atoms with van der Waals surface area (Å²) in [5.41, 5.74) is 1.99. The number of aromatic nitrogens is 6. The summed E-state index contributed by atoms with van der Waals surface area (Å²) in [5.74, 6) is -0.478. The Kier molecular flexibility index (Phi) is 6.98. The van der Waals surface area contributed by atoms with Crippen LogP contribution in [0.2, 0.25) is 0 Å². The van der Waals surface area contributed by atoms with Crippen LogP contribution in [0.4, 0.5) is 13.6 Å². The summed E-state index contributed by atoms with van der Waals surface area (Å²) in [6, 6.07) is 6.21. The Morgan fingerprint density at radius 2 is 1.78 bits per heavy atom. The van der Waals surface area contributed by atoms with Gasteiger partial charge in [0.1, 0.15) is 17.2 Å². The van der Waals surface area contributed by atoms with Gasteiger partial charge < -0.3 is 14.4 Å². The highest BCUT2D eigenvalue weighted by molar-refractivity contribution is 5.82. The van der Waals surface area contributed by atoms with Gasteiger partial charge in [-0.25, -0.2) is 23.1 Å². The van der Waals surface area contributed by atoms with E-state index in [2.05, 4.69) is 5.10 Å². The van der Waals surface area contributed by atoms with Gasteiger partial charge in [-0.15, -0.1) is 0 Å². The molecule has 3 aromatic heterocycles. The third-order valence-corrected chi connectivity index (χ3v) is 10.1. The second-order valence-electron chi connectivity index (χ2n) is 14.7. The lowest BCUT2D eigenvalue weighted by atomic mass is 9.88. The van der Waals surface area contributed by atoms with E-state index in [0.717, 1.165) is 25.0 Å². The molecule has 1 spiro atoms. The van der Waals surface area contributed by atoms with Crippen LogP contribution in [-0.2, 0) is 21.4 Å². The van der Waals surface area contributed by atoms with Crippen LogP contribution in [0.25, 0.3) is 28.1 Å². The Morgan fingerprint density at radius 3 is 2.41 bits per heavy atom. The van der Waals surface area contributed by atoms with Crippen LogP contribution in [0.1, 0.15) is 75.4 Å². The maximum atomic E-state index is 16.2. The van der Waals surface area contributed by atoms with Gasteiger partial charge in [0.05, 0.1) is 52.9 Å². The van der Waals surface area contributed by atoms with Crippen LogP contribution in [0.3, 0.4) is 0 Å². The standard InChI is InChI=1S/C36H39F2N7O4/c1-20-15-23(16-21(2)29(20)37)45-32(28-22(3)43(34(47)49-35(4,5)6)19-36(10-11-36)31(28)40-45)42-13-12-41(33(42)46)27-8-7-26-25(30(27)38)17-39-44(26)18-24-9-14-48-24/h7-8,12-13,15-17,22,24H,9-11,14,18-19H2,1-6H3/t22-,24-/m0/s1. The first-order valence-corrected chi connectivity index (χ1v) is 16.7. The van der Waals surface area contributed by atoms with Gasteiger partial charge in [-0.1, -0.05) is 0 Å². The van der Waals surface area contributed by atoms with Crippen molar-refractivity contribution in [2.45, 2.75) is 90.5 Å². The minimum absolute atomic E-state index is 0.0513. The minimum atomic E-state index is -0.704.